The first kappa shape index (κ1) is 35.1. The summed E-state index contributed by atoms with van der Waals surface area (Å²) >= 11 is 0. The minimum absolute atomic E-state index is 0.0497. The fourth-order valence-corrected chi connectivity index (χ4v) is 3.42. The van der Waals surface area contributed by atoms with Crippen LogP contribution in [0, 0.1) is 11.6 Å². The standard InChI is InChI=1S/C17H21FN2O5.C14H12FNO3/c1-5-24-15(22)14(19-20-16(23)25-17(2,3)4)13(21)10-11-6-8-12(18)9-7-11;1-2-19-14(18)12-13(17)11(7-8-16-12)9-3-5-10(15)6-4-9/h6-9,21H,5,10H2,1-4H3;3-7H,2,8H2,1H3. The first-order valence-electron chi connectivity index (χ1n) is 13.5. The van der Waals surface area contributed by atoms with E-state index in [1.807, 2.05) is 0 Å². The maximum absolute atomic E-state index is 12.9. The molecule has 1 heterocycles. The Morgan fingerprint density at radius 1 is 0.909 bits per heavy atom. The summed E-state index contributed by atoms with van der Waals surface area (Å²) in [5.41, 5.74) is -0.0601. The number of hydrogen-bond acceptors (Lipinski definition) is 10. The molecule has 0 radical (unpaired) electrons. The second-order valence-electron chi connectivity index (χ2n) is 9.86. The van der Waals surface area contributed by atoms with Crippen molar-refractivity contribution in [1.29, 1.82) is 0 Å². The number of nitrogens with zero attached hydrogens (tertiary/aromatic N) is 3. The molecule has 0 fully saturated rings. The van der Waals surface area contributed by atoms with Crippen LogP contribution in [0.1, 0.15) is 45.7 Å². The van der Waals surface area contributed by atoms with Gasteiger partial charge in [-0.15, -0.1) is 5.11 Å². The van der Waals surface area contributed by atoms with Crippen molar-refractivity contribution in [1.82, 2.24) is 0 Å². The Balaban J connectivity index is 0.000000317. The van der Waals surface area contributed by atoms with E-state index in [0.717, 1.165) is 0 Å². The number of hydrogen-bond donors (Lipinski definition) is 1. The molecule has 0 bridgehead atoms. The summed E-state index contributed by atoms with van der Waals surface area (Å²) in [6, 6.07) is 10.8. The number of azo groups is 1. The largest absolute Gasteiger partial charge is 0.509 e. The molecule has 2 aromatic carbocycles. The summed E-state index contributed by atoms with van der Waals surface area (Å²) in [6.45, 7) is 8.64. The molecule has 0 atom stereocenters. The Kier molecular flexibility index (Phi) is 13.2. The van der Waals surface area contributed by atoms with Gasteiger partial charge in [0.05, 0.1) is 19.8 Å². The highest BCUT2D eigenvalue weighted by atomic mass is 19.1. The van der Waals surface area contributed by atoms with Crippen LogP contribution in [0.15, 0.2) is 81.3 Å². The number of benzene rings is 2. The summed E-state index contributed by atoms with van der Waals surface area (Å²) in [5, 5.41) is 16.9. The highest BCUT2D eigenvalue weighted by molar-refractivity contribution is 6.73. The first-order valence-corrected chi connectivity index (χ1v) is 13.5. The Hall–Kier alpha value is -5.07. The maximum atomic E-state index is 12.9. The zero-order valence-corrected chi connectivity index (χ0v) is 24.9. The van der Waals surface area contributed by atoms with E-state index in [9.17, 15) is 33.1 Å². The summed E-state index contributed by atoms with van der Waals surface area (Å²) in [7, 11) is 0. The van der Waals surface area contributed by atoms with Crippen LogP contribution in [0.25, 0.3) is 5.57 Å². The molecule has 1 aliphatic heterocycles. The third-order valence-electron chi connectivity index (χ3n) is 5.28. The molecule has 2 aromatic rings. The number of aliphatic hydroxyl groups is 1. The second-order valence-corrected chi connectivity index (χ2v) is 9.86. The van der Waals surface area contributed by atoms with Gasteiger partial charge in [0, 0.05) is 12.0 Å². The predicted octanol–water partition coefficient (Wildman–Crippen LogP) is 5.88. The van der Waals surface area contributed by atoms with Crippen molar-refractivity contribution in [3.63, 3.8) is 0 Å². The number of carbonyl (C=O) groups excluding carboxylic acids is 4. The van der Waals surface area contributed by atoms with Gasteiger partial charge in [0.1, 0.15) is 23.0 Å². The van der Waals surface area contributed by atoms with Crippen molar-refractivity contribution in [3.05, 3.63) is 88.8 Å². The quantitative estimate of drug-likeness (QED) is 0.127. The number of Topliss-reactive ketones (excluding diaryl/α,β-unsaturated/α-hetero) is 1. The van der Waals surface area contributed by atoms with E-state index in [1.165, 1.54) is 48.5 Å². The maximum Gasteiger partial charge on any atom is 0.452 e. The van der Waals surface area contributed by atoms with E-state index in [1.54, 1.807) is 40.7 Å². The number of amides is 1. The topological polar surface area (TPSA) is 153 Å². The van der Waals surface area contributed by atoms with E-state index in [-0.39, 0.29) is 37.7 Å². The normalized spacial score (nSPS) is 13.6. The summed E-state index contributed by atoms with van der Waals surface area (Å²) in [5.74, 6) is -3.42. The number of ketones is 1. The first-order chi connectivity index (χ1) is 20.7. The molecule has 234 valence electrons. The summed E-state index contributed by atoms with van der Waals surface area (Å²) < 4.78 is 40.3. The van der Waals surface area contributed by atoms with Crippen molar-refractivity contribution in [2.45, 2.75) is 46.6 Å². The van der Waals surface area contributed by atoms with E-state index < -0.39 is 46.7 Å². The molecule has 1 aliphatic rings. The van der Waals surface area contributed by atoms with Crippen molar-refractivity contribution >= 4 is 35.1 Å². The highest BCUT2D eigenvalue weighted by Gasteiger charge is 2.28. The van der Waals surface area contributed by atoms with Crippen molar-refractivity contribution in [2.24, 2.45) is 15.2 Å². The highest BCUT2D eigenvalue weighted by Crippen LogP contribution is 2.20. The van der Waals surface area contributed by atoms with E-state index >= 15 is 0 Å². The zero-order chi connectivity index (χ0) is 32.9. The Morgan fingerprint density at radius 3 is 2.02 bits per heavy atom. The molecule has 0 aromatic heterocycles. The molecular formula is C31H33F2N3O8. The zero-order valence-electron chi connectivity index (χ0n) is 24.9. The fraction of sp³-hybridized carbons (Fsp3) is 0.323. The number of allylic oxidation sites excluding steroid dienone is 2. The molecular weight excluding hydrogens is 580 g/mol. The van der Waals surface area contributed by atoms with Crippen LogP contribution in [-0.4, -0.2) is 60.0 Å². The molecule has 0 aliphatic carbocycles. The molecule has 0 saturated heterocycles. The van der Waals surface area contributed by atoms with Crippen LogP contribution in [0.3, 0.4) is 0 Å². The average Bonchev–Trinajstić information content (AvgIpc) is 2.95. The van der Waals surface area contributed by atoms with Gasteiger partial charge in [-0.25, -0.2) is 23.2 Å². The SMILES string of the molecule is CCOC(=O)C(N=NC(=O)OC(C)(C)C)=C(O)Cc1ccc(F)cc1.CCOC(=O)C1=NCC=C(c2ccc(F)cc2)C1=O. The lowest BCUT2D eigenvalue weighted by Gasteiger charge is -2.16. The molecule has 13 heteroatoms. The molecule has 1 amide bonds. The molecule has 44 heavy (non-hydrogen) atoms. The Morgan fingerprint density at radius 2 is 1.48 bits per heavy atom. The molecule has 0 saturated carbocycles. The van der Waals surface area contributed by atoms with Crippen LogP contribution < -0.4 is 0 Å². The minimum Gasteiger partial charge on any atom is -0.509 e. The number of ether oxygens (including phenoxy) is 3. The van der Waals surface area contributed by atoms with Crippen LogP contribution in [0.4, 0.5) is 13.6 Å². The van der Waals surface area contributed by atoms with Crippen LogP contribution in [-0.2, 0) is 35.0 Å². The number of aliphatic imine (C=N–C) groups is 1. The van der Waals surface area contributed by atoms with Gasteiger partial charge >= 0.3 is 18.0 Å². The number of aliphatic hydroxyl groups excluding tert-OH is 1. The molecule has 0 spiro atoms. The van der Waals surface area contributed by atoms with Gasteiger partial charge in [0.2, 0.25) is 11.5 Å². The van der Waals surface area contributed by atoms with Gasteiger partial charge in [-0.2, -0.15) is 0 Å². The molecule has 3 rings (SSSR count). The lowest BCUT2D eigenvalue weighted by atomic mass is 9.96. The number of esters is 2. The Labute approximate surface area is 252 Å². The minimum atomic E-state index is -1.01. The average molecular weight is 614 g/mol. The van der Waals surface area contributed by atoms with Crippen LogP contribution in [0.2, 0.25) is 0 Å². The fourth-order valence-electron chi connectivity index (χ4n) is 3.42. The molecule has 1 N–H and O–H groups in total. The lowest BCUT2D eigenvalue weighted by molar-refractivity contribution is -0.139. The van der Waals surface area contributed by atoms with Crippen LogP contribution >= 0.6 is 0 Å². The number of dihydropyridines is 1. The van der Waals surface area contributed by atoms with Gasteiger partial charge < -0.3 is 19.3 Å². The second kappa shape index (κ2) is 16.5. The van der Waals surface area contributed by atoms with Crippen molar-refractivity contribution in [2.75, 3.05) is 19.8 Å². The molecule has 11 nitrogen and oxygen atoms in total. The van der Waals surface area contributed by atoms with Gasteiger partial charge in [0.15, 0.2) is 5.71 Å². The third-order valence-corrected chi connectivity index (χ3v) is 5.28. The van der Waals surface area contributed by atoms with E-state index in [4.69, 9.17) is 14.2 Å². The molecule has 0 unspecified atom stereocenters. The number of rotatable bonds is 8. The summed E-state index contributed by atoms with van der Waals surface area (Å²) in [6.07, 6.45) is 0.490. The van der Waals surface area contributed by atoms with Gasteiger partial charge in [-0.05, 0) is 70.0 Å². The monoisotopic (exact) mass is 613 g/mol. The van der Waals surface area contributed by atoms with Gasteiger partial charge in [0.25, 0.3) is 0 Å². The summed E-state index contributed by atoms with van der Waals surface area (Å²) in [4.78, 5) is 51.1. The predicted molar refractivity (Wildman–Crippen MR) is 156 cm³/mol. The van der Waals surface area contributed by atoms with Crippen LogP contribution in [0.5, 0.6) is 0 Å². The Bertz CT molecular complexity index is 1470. The van der Waals surface area contributed by atoms with Gasteiger partial charge in [-0.3, -0.25) is 9.79 Å². The van der Waals surface area contributed by atoms with E-state index in [0.29, 0.717) is 16.7 Å². The third kappa shape index (κ3) is 11.3. The smallest absolute Gasteiger partial charge is 0.452 e. The number of halogens is 2. The van der Waals surface area contributed by atoms with Gasteiger partial charge in [-0.1, -0.05) is 35.5 Å². The number of carbonyl (C=O) groups is 4. The lowest BCUT2D eigenvalue weighted by Crippen LogP contribution is -2.29. The van der Waals surface area contributed by atoms with Crippen molar-refractivity contribution in [3.8, 4) is 0 Å². The van der Waals surface area contributed by atoms with E-state index in [2.05, 4.69) is 15.2 Å². The van der Waals surface area contributed by atoms with Crippen molar-refractivity contribution < 1.29 is 47.3 Å².